The van der Waals surface area contributed by atoms with Crippen molar-refractivity contribution in [3.8, 4) is 0 Å². The maximum atomic E-state index is 12.3. The summed E-state index contributed by atoms with van der Waals surface area (Å²) in [5, 5.41) is 0.611. The van der Waals surface area contributed by atoms with E-state index in [0.717, 1.165) is 21.9 Å². The Morgan fingerprint density at radius 2 is 1.95 bits per heavy atom. The minimum absolute atomic E-state index is 0.185. The topological polar surface area (TPSA) is 29.5 Å². The number of thioether (sulfide) groups is 1. The summed E-state index contributed by atoms with van der Waals surface area (Å²) in [4.78, 5) is 15.1. The van der Waals surface area contributed by atoms with Gasteiger partial charge >= 0.3 is 6.09 Å². The van der Waals surface area contributed by atoms with Gasteiger partial charge in [-0.05, 0) is 18.2 Å². The van der Waals surface area contributed by atoms with Gasteiger partial charge in [-0.2, -0.15) is 0 Å². The highest BCUT2D eigenvalue weighted by molar-refractivity contribution is 7.99. The lowest BCUT2D eigenvalue weighted by atomic mass is 10.2. The van der Waals surface area contributed by atoms with Crippen LogP contribution < -0.4 is 4.90 Å². The number of carbonyl (C=O) groups is 1. The molecule has 1 aliphatic heterocycles. The maximum Gasteiger partial charge on any atom is 0.414 e. The van der Waals surface area contributed by atoms with Crippen LogP contribution in [0.4, 0.5) is 10.5 Å². The van der Waals surface area contributed by atoms with E-state index < -0.39 is 0 Å². The first kappa shape index (κ1) is 14.3. The Morgan fingerprint density at radius 1 is 1.19 bits per heavy atom. The third-order valence-electron chi connectivity index (χ3n) is 3.26. The molecular weight excluding hydrogens is 306 g/mol. The van der Waals surface area contributed by atoms with Gasteiger partial charge in [-0.1, -0.05) is 41.9 Å². The zero-order valence-corrected chi connectivity index (χ0v) is 12.9. The Kier molecular flexibility index (Phi) is 4.36. The van der Waals surface area contributed by atoms with Gasteiger partial charge in [0.05, 0.1) is 5.69 Å². The SMILES string of the molecule is O=C(OCc1ccccc1Cl)N1CCSc2ccccc21. The second kappa shape index (κ2) is 6.41. The molecule has 0 atom stereocenters. The molecule has 0 saturated carbocycles. The Balaban J connectivity index is 1.71. The number of carbonyl (C=O) groups excluding carboxylic acids is 1. The van der Waals surface area contributed by atoms with Crippen LogP contribution in [-0.4, -0.2) is 18.4 Å². The molecule has 0 saturated heterocycles. The number of anilines is 1. The van der Waals surface area contributed by atoms with Gasteiger partial charge in [0.2, 0.25) is 0 Å². The zero-order chi connectivity index (χ0) is 14.7. The molecule has 108 valence electrons. The van der Waals surface area contributed by atoms with E-state index in [1.165, 1.54) is 0 Å². The number of amides is 1. The van der Waals surface area contributed by atoms with E-state index >= 15 is 0 Å². The predicted octanol–water partition coefficient (Wildman–Crippen LogP) is 4.59. The van der Waals surface area contributed by atoms with Crippen molar-refractivity contribution >= 4 is 35.1 Å². The summed E-state index contributed by atoms with van der Waals surface area (Å²) in [6, 6.07) is 15.2. The van der Waals surface area contributed by atoms with Crippen molar-refractivity contribution in [2.24, 2.45) is 0 Å². The lowest BCUT2D eigenvalue weighted by Crippen LogP contribution is -2.35. The second-order valence-electron chi connectivity index (χ2n) is 4.61. The standard InChI is InChI=1S/C16H14ClNO2S/c17-13-6-2-1-5-12(13)11-20-16(19)18-9-10-21-15-8-4-3-7-14(15)18/h1-8H,9-11H2. The lowest BCUT2D eigenvalue weighted by molar-refractivity contribution is 0.147. The Hall–Kier alpha value is -1.65. The van der Waals surface area contributed by atoms with E-state index in [9.17, 15) is 4.79 Å². The summed E-state index contributed by atoms with van der Waals surface area (Å²) >= 11 is 7.82. The van der Waals surface area contributed by atoms with Crippen molar-refractivity contribution in [1.29, 1.82) is 0 Å². The third-order valence-corrected chi connectivity index (χ3v) is 4.67. The lowest BCUT2D eigenvalue weighted by Gasteiger charge is -2.28. The molecule has 3 nitrogen and oxygen atoms in total. The first-order chi connectivity index (χ1) is 10.3. The zero-order valence-electron chi connectivity index (χ0n) is 11.3. The van der Waals surface area contributed by atoms with Gasteiger partial charge in [-0.25, -0.2) is 4.79 Å². The molecule has 0 aliphatic carbocycles. The number of hydrogen-bond acceptors (Lipinski definition) is 3. The van der Waals surface area contributed by atoms with E-state index in [1.54, 1.807) is 22.7 Å². The van der Waals surface area contributed by atoms with E-state index in [0.29, 0.717) is 11.6 Å². The number of fused-ring (bicyclic) bond motifs is 1. The van der Waals surface area contributed by atoms with Gasteiger partial charge in [-0.15, -0.1) is 11.8 Å². The van der Waals surface area contributed by atoms with Crippen LogP contribution in [0.3, 0.4) is 0 Å². The molecule has 21 heavy (non-hydrogen) atoms. The van der Waals surface area contributed by atoms with Crippen molar-refractivity contribution in [1.82, 2.24) is 0 Å². The first-order valence-electron chi connectivity index (χ1n) is 6.65. The van der Waals surface area contributed by atoms with Gasteiger partial charge in [0.25, 0.3) is 0 Å². The van der Waals surface area contributed by atoms with Crippen LogP contribution in [0.25, 0.3) is 0 Å². The molecule has 0 aromatic heterocycles. The molecule has 0 unspecified atom stereocenters. The van der Waals surface area contributed by atoms with E-state index in [1.807, 2.05) is 42.5 Å². The number of nitrogens with zero attached hydrogens (tertiary/aromatic N) is 1. The Labute approximate surface area is 132 Å². The number of para-hydroxylation sites is 1. The molecule has 1 aliphatic rings. The number of ether oxygens (including phenoxy) is 1. The smallest absolute Gasteiger partial charge is 0.414 e. The van der Waals surface area contributed by atoms with Crippen molar-refractivity contribution in [2.75, 3.05) is 17.2 Å². The quantitative estimate of drug-likeness (QED) is 0.811. The summed E-state index contributed by atoms with van der Waals surface area (Å²) in [6.45, 7) is 0.841. The minimum atomic E-state index is -0.331. The largest absolute Gasteiger partial charge is 0.444 e. The predicted molar refractivity (Wildman–Crippen MR) is 86.1 cm³/mol. The van der Waals surface area contributed by atoms with Gasteiger partial charge in [0.15, 0.2) is 0 Å². The van der Waals surface area contributed by atoms with Gasteiger partial charge in [0.1, 0.15) is 6.61 Å². The molecule has 0 fully saturated rings. The van der Waals surface area contributed by atoms with Crippen molar-refractivity contribution in [3.05, 3.63) is 59.1 Å². The van der Waals surface area contributed by atoms with E-state index in [4.69, 9.17) is 16.3 Å². The highest BCUT2D eigenvalue weighted by atomic mass is 35.5. The van der Waals surface area contributed by atoms with Gasteiger partial charge in [0, 0.05) is 27.8 Å². The molecule has 1 amide bonds. The summed E-state index contributed by atoms with van der Waals surface area (Å²) in [7, 11) is 0. The Bertz CT molecular complexity index is 662. The fraction of sp³-hybridized carbons (Fsp3) is 0.188. The van der Waals surface area contributed by atoms with Crippen LogP contribution in [0.1, 0.15) is 5.56 Å². The molecule has 0 N–H and O–H groups in total. The van der Waals surface area contributed by atoms with E-state index in [-0.39, 0.29) is 12.7 Å². The van der Waals surface area contributed by atoms with Crippen LogP contribution in [0, 0.1) is 0 Å². The summed E-state index contributed by atoms with van der Waals surface area (Å²) in [6.07, 6.45) is -0.331. The van der Waals surface area contributed by atoms with Crippen LogP contribution >= 0.6 is 23.4 Å². The molecule has 0 radical (unpaired) electrons. The number of halogens is 1. The third kappa shape index (κ3) is 3.17. The van der Waals surface area contributed by atoms with Gasteiger partial charge < -0.3 is 4.74 Å². The second-order valence-corrected chi connectivity index (χ2v) is 6.16. The number of hydrogen-bond donors (Lipinski definition) is 0. The fourth-order valence-corrected chi connectivity index (χ4v) is 3.38. The average Bonchev–Trinajstić information content (AvgIpc) is 2.53. The van der Waals surface area contributed by atoms with Crippen molar-refractivity contribution < 1.29 is 9.53 Å². The van der Waals surface area contributed by atoms with Crippen molar-refractivity contribution in [2.45, 2.75) is 11.5 Å². The van der Waals surface area contributed by atoms with Crippen molar-refractivity contribution in [3.63, 3.8) is 0 Å². The summed E-state index contributed by atoms with van der Waals surface area (Å²) in [5.74, 6) is 0.873. The summed E-state index contributed by atoms with van der Waals surface area (Å²) in [5.41, 5.74) is 1.73. The van der Waals surface area contributed by atoms with Crippen LogP contribution in [0.15, 0.2) is 53.4 Å². The monoisotopic (exact) mass is 319 g/mol. The molecule has 3 rings (SSSR count). The molecule has 2 aromatic rings. The molecule has 0 spiro atoms. The normalized spacial score (nSPS) is 13.7. The minimum Gasteiger partial charge on any atom is -0.444 e. The summed E-state index contributed by atoms with van der Waals surface area (Å²) < 4.78 is 5.40. The van der Waals surface area contributed by atoms with Crippen LogP contribution in [0.5, 0.6) is 0 Å². The fourth-order valence-electron chi connectivity index (χ4n) is 2.19. The number of benzene rings is 2. The highest BCUT2D eigenvalue weighted by Crippen LogP contribution is 2.34. The molecule has 1 heterocycles. The number of rotatable bonds is 2. The first-order valence-corrected chi connectivity index (χ1v) is 8.01. The molecule has 5 heteroatoms. The molecule has 2 aromatic carbocycles. The maximum absolute atomic E-state index is 12.3. The molecular formula is C16H14ClNO2S. The average molecular weight is 320 g/mol. The van der Waals surface area contributed by atoms with Gasteiger partial charge in [-0.3, -0.25) is 4.90 Å². The molecule has 0 bridgehead atoms. The highest BCUT2D eigenvalue weighted by Gasteiger charge is 2.23. The Morgan fingerprint density at radius 3 is 2.81 bits per heavy atom. The van der Waals surface area contributed by atoms with E-state index in [2.05, 4.69) is 0 Å². The van der Waals surface area contributed by atoms with Crippen LogP contribution in [0.2, 0.25) is 5.02 Å². The van der Waals surface area contributed by atoms with Crippen LogP contribution in [-0.2, 0) is 11.3 Å².